The van der Waals surface area contributed by atoms with Crippen molar-refractivity contribution in [1.29, 1.82) is 0 Å². The molecule has 6 atom stereocenters. The molecule has 5 aliphatic rings. The highest BCUT2D eigenvalue weighted by Crippen LogP contribution is 2.47. The lowest BCUT2D eigenvalue weighted by molar-refractivity contribution is 0.0455. The van der Waals surface area contributed by atoms with Gasteiger partial charge in [-0.15, -0.1) is 0 Å². The number of ether oxygens (including phenoxy) is 1. The third kappa shape index (κ3) is 5.96. The minimum Gasteiger partial charge on any atom is -0.490 e. The molecule has 7 rings (SSSR count). The summed E-state index contributed by atoms with van der Waals surface area (Å²) >= 11 is 8.04. The molecule has 0 unspecified atom stereocenters. The molecule has 2 N–H and O–H groups in total. The summed E-state index contributed by atoms with van der Waals surface area (Å²) in [5.74, 6) is 2.64. The number of aliphatic hydroxyl groups is 1. The van der Waals surface area contributed by atoms with Crippen molar-refractivity contribution in [2.45, 2.75) is 87.9 Å². The van der Waals surface area contributed by atoms with Crippen LogP contribution in [-0.2, 0) is 11.8 Å². The van der Waals surface area contributed by atoms with Crippen molar-refractivity contribution >= 4 is 35.1 Å². The lowest BCUT2D eigenvalue weighted by atomic mass is 9.68. The fraction of sp³-hybridized carbons (Fsp3) is 0.583. The molecule has 43 heavy (non-hydrogen) atoms. The molecular weight excluding hydrogens is 576 g/mol. The van der Waals surface area contributed by atoms with Gasteiger partial charge in [0.15, 0.2) is 0 Å². The zero-order valence-corrected chi connectivity index (χ0v) is 26.8. The average molecular weight is 621 g/mol. The van der Waals surface area contributed by atoms with Crippen LogP contribution in [0.4, 0.5) is 5.69 Å². The topological polar surface area (TPSA) is 61.8 Å². The Bertz CT molecular complexity index is 1380. The Balaban J connectivity index is 1.23. The summed E-state index contributed by atoms with van der Waals surface area (Å²) < 4.78 is 9.89. The summed E-state index contributed by atoms with van der Waals surface area (Å²) in [6.45, 7) is 4.56. The molecule has 2 saturated carbocycles. The zero-order chi connectivity index (χ0) is 29.6. The fourth-order valence-corrected chi connectivity index (χ4v) is 9.46. The standard InChI is InChI=1S/C36H45ClN2O3S/c1-23-5-2-9-32(40)29-13-10-27(29)20-39-21-36(16-4-8-25-18-28(37)12-14-30(25)36)22-42-33-15-11-26(19-31(33)39)35(41)38-43-34(23)17-24-6-3-7-24/h2,9,11-12,14-15,18-19,23-24,27,29,32,34,40H,3-8,10,13,16-17,20-22H2,1H3,(H,38,41)/b9-2-/t23-,27+,29-,32+,34-,36+/m1/s1. The van der Waals surface area contributed by atoms with E-state index in [2.05, 4.69) is 46.9 Å². The van der Waals surface area contributed by atoms with Crippen molar-refractivity contribution in [2.24, 2.45) is 23.7 Å². The Morgan fingerprint density at radius 3 is 2.81 bits per heavy atom. The smallest absolute Gasteiger partial charge is 0.261 e. The first kappa shape index (κ1) is 29.6. The minimum absolute atomic E-state index is 0.0326. The average Bonchev–Trinajstić information content (AvgIpc) is 3.10. The molecule has 2 fully saturated rings. The largest absolute Gasteiger partial charge is 0.490 e. The molecule has 2 bridgehead atoms. The lowest BCUT2D eigenvalue weighted by Gasteiger charge is -2.45. The van der Waals surface area contributed by atoms with Gasteiger partial charge in [0.25, 0.3) is 5.91 Å². The number of nitrogens with zero attached hydrogens (tertiary/aromatic N) is 1. The summed E-state index contributed by atoms with van der Waals surface area (Å²) in [4.78, 5) is 16.1. The van der Waals surface area contributed by atoms with Crippen molar-refractivity contribution in [3.8, 4) is 5.75 Å². The number of rotatable bonds is 2. The normalized spacial score (nSPS) is 33.6. The van der Waals surface area contributed by atoms with Gasteiger partial charge >= 0.3 is 0 Å². The highest BCUT2D eigenvalue weighted by Gasteiger charge is 2.44. The van der Waals surface area contributed by atoms with Crippen LogP contribution in [0.25, 0.3) is 0 Å². The summed E-state index contributed by atoms with van der Waals surface area (Å²) in [5, 5.41) is 12.4. The van der Waals surface area contributed by atoms with Gasteiger partial charge in [0.05, 0.1) is 18.4 Å². The predicted molar refractivity (Wildman–Crippen MR) is 176 cm³/mol. The SMILES string of the molecule is C[C@@H]1C/C=C\[C@H](O)[C@@H]2CC[C@H]2CN2C[C@@]3(CCCc4cc(Cl)ccc43)COc3ccc(cc32)C(=O)NS[C@@H]1CC1CCC1. The first-order valence-corrected chi connectivity index (χ1v) is 17.8. The third-order valence-electron chi connectivity index (χ3n) is 11.2. The van der Waals surface area contributed by atoms with Crippen molar-refractivity contribution in [2.75, 3.05) is 24.6 Å². The Morgan fingerprint density at radius 2 is 2.02 bits per heavy atom. The Kier molecular flexibility index (Phi) is 8.47. The second-order valence-electron chi connectivity index (χ2n) is 14.0. The van der Waals surface area contributed by atoms with Crippen LogP contribution in [-0.4, -0.2) is 42.1 Å². The Hall–Kier alpha value is -2.15. The quantitative estimate of drug-likeness (QED) is 0.266. The fourth-order valence-electron chi connectivity index (χ4n) is 8.18. The van der Waals surface area contributed by atoms with Crippen molar-refractivity contribution < 1.29 is 14.6 Å². The summed E-state index contributed by atoms with van der Waals surface area (Å²) in [6.07, 6.45) is 15.2. The first-order valence-electron chi connectivity index (χ1n) is 16.5. The maximum atomic E-state index is 13.6. The van der Waals surface area contributed by atoms with Gasteiger partial charge in [-0.25, -0.2) is 0 Å². The lowest BCUT2D eigenvalue weighted by Crippen LogP contribution is -2.49. The zero-order valence-electron chi connectivity index (χ0n) is 25.3. The molecule has 230 valence electrons. The highest BCUT2D eigenvalue weighted by atomic mass is 35.5. The number of hydrogen-bond donors (Lipinski definition) is 2. The molecule has 1 spiro atoms. The number of aryl methyl sites for hydroxylation is 1. The van der Waals surface area contributed by atoms with Gasteiger partial charge in [-0.2, -0.15) is 0 Å². The van der Waals surface area contributed by atoms with Gasteiger partial charge in [-0.1, -0.05) is 56.0 Å². The summed E-state index contributed by atoms with van der Waals surface area (Å²) in [7, 11) is 0. The number of carbonyl (C=O) groups excluding carboxylic acids is 1. The maximum Gasteiger partial charge on any atom is 0.261 e. The number of nitrogens with one attached hydrogen (secondary N) is 1. The second kappa shape index (κ2) is 12.3. The van der Waals surface area contributed by atoms with Crippen LogP contribution in [0.2, 0.25) is 5.02 Å². The van der Waals surface area contributed by atoms with Crippen LogP contribution in [0.15, 0.2) is 48.6 Å². The molecule has 0 saturated heterocycles. The summed E-state index contributed by atoms with van der Waals surface area (Å²) in [6, 6.07) is 12.3. The number of allylic oxidation sites excluding steroid dienone is 1. The van der Waals surface area contributed by atoms with E-state index < -0.39 is 6.10 Å². The van der Waals surface area contributed by atoms with Crippen molar-refractivity contribution in [1.82, 2.24) is 4.72 Å². The van der Waals surface area contributed by atoms with Crippen LogP contribution in [0, 0.1) is 23.7 Å². The minimum atomic E-state index is -0.420. The van der Waals surface area contributed by atoms with Crippen LogP contribution >= 0.6 is 23.5 Å². The van der Waals surface area contributed by atoms with Gasteiger partial charge in [0.2, 0.25) is 0 Å². The number of anilines is 1. The second-order valence-corrected chi connectivity index (χ2v) is 15.5. The van der Waals surface area contributed by atoms with Crippen LogP contribution < -0.4 is 14.4 Å². The maximum absolute atomic E-state index is 13.6. The van der Waals surface area contributed by atoms with Crippen LogP contribution in [0.5, 0.6) is 5.75 Å². The van der Waals surface area contributed by atoms with Gasteiger partial charge in [-0.3, -0.25) is 9.52 Å². The molecular formula is C36H45ClN2O3S. The van der Waals surface area contributed by atoms with E-state index in [0.717, 1.165) is 80.4 Å². The molecule has 2 heterocycles. The van der Waals surface area contributed by atoms with Gasteiger partial charge in [0.1, 0.15) is 5.75 Å². The Labute approximate surface area is 265 Å². The highest BCUT2D eigenvalue weighted by molar-refractivity contribution is 7.98. The van der Waals surface area contributed by atoms with Crippen LogP contribution in [0.3, 0.4) is 0 Å². The number of amides is 1. The first-order chi connectivity index (χ1) is 20.9. The van der Waals surface area contributed by atoms with E-state index in [9.17, 15) is 9.90 Å². The monoisotopic (exact) mass is 620 g/mol. The molecule has 2 aromatic rings. The number of halogens is 1. The predicted octanol–water partition coefficient (Wildman–Crippen LogP) is 7.73. The van der Waals surface area contributed by atoms with E-state index in [1.165, 1.54) is 30.4 Å². The number of benzene rings is 2. The Morgan fingerprint density at radius 1 is 1.14 bits per heavy atom. The summed E-state index contributed by atoms with van der Waals surface area (Å²) in [5.41, 5.74) is 4.19. The molecule has 1 amide bonds. The van der Waals surface area contributed by atoms with E-state index in [1.807, 2.05) is 18.2 Å². The molecule has 5 nitrogen and oxygen atoms in total. The van der Waals surface area contributed by atoms with Crippen molar-refractivity contribution in [3.63, 3.8) is 0 Å². The van der Waals surface area contributed by atoms with Crippen LogP contribution in [0.1, 0.15) is 86.2 Å². The molecule has 2 aromatic carbocycles. The van der Waals surface area contributed by atoms with Gasteiger partial charge < -0.3 is 14.7 Å². The molecule has 0 radical (unpaired) electrons. The molecule has 7 heteroatoms. The van der Waals surface area contributed by atoms with E-state index in [-0.39, 0.29) is 17.2 Å². The number of fused-ring (bicyclic) bond motifs is 4. The van der Waals surface area contributed by atoms with E-state index in [0.29, 0.717) is 29.3 Å². The van der Waals surface area contributed by atoms with Gasteiger partial charge in [0, 0.05) is 34.3 Å². The van der Waals surface area contributed by atoms with Crippen molar-refractivity contribution in [3.05, 3.63) is 70.3 Å². The number of carbonyl (C=O) groups is 1. The van der Waals surface area contributed by atoms with E-state index >= 15 is 0 Å². The van der Waals surface area contributed by atoms with E-state index in [4.69, 9.17) is 16.3 Å². The van der Waals surface area contributed by atoms with E-state index in [1.54, 1.807) is 11.9 Å². The number of hydrogen-bond acceptors (Lipinski definition) is 5. The van der Waals surface area contributed by atoms with Gasteiger partial charge in [-0.05, 0) is 122 Å². The number of aliphatic hydroxyl groups excluding tert-OH is 1. The molecule has 2 aliphatic heterocycles. The third-order valence-corrected chi connectivity index (χ3v) is 12.7. The molecule has 3 aliphatic carbocycles. The molecule has 0 aromatic heterocycles.